The van der Waals surface area contributed by atoms with Crippen LogP contribution in [0.25, 0.3) is 11.3 Å². The van der Waals surface area contributed by atoms with E-state index in [0.29, 0.717) is 16.0 Å². The van der Waals surface area contributed by atoms with Gasteiger partial charge in [-0.05, 0) is 38.1 Å². The number of aromatic amines is 1. The maximum Gasteiger partial charge on any atom is 0.109 e. The molecule has 0 bridgehead atoms. The molecular formula is C14H17Cl4N3. The Labute approximate surface area is 146 Å². The molecule has 0 unspecified atom stereocenters. The van der Waals surface area contributed by atoms with Crippen molar-refractivity contribution in [1.29, 1.82) is 0 Å². The molecule has 7 heteroatoms. The van der Waals surface area contributed by atoms with Gasteiger partial charge < -0.3 is 10.3 Å². The van der Waals surface area contributed by atoms with Gasteiger partial charge in [-0.1, -0.05) is 29.3 Å². The number of halogens is 4. The highest BCUT2D eigenvalue weighted by molar-refractivity contribution is 6.42. The third kappa shape index (κ3) is 4.27. The first-order valence-corrected chi connectivity index (χ1v) is 7.20. The van der Waals surface area contributed by atoms with Gasteiger partial charge in [-0.25, -0.2) is 4.98 Å². The first kappa shape index (κ1) is 18.6. The number of hydrogen-bond acceptors (Lipinski definition) is 2. The Bertz CT molecular complexity index is 579. The summed E-state index contributed by atoms with van der Waals surface area (Å²) < 4.78 is 0. The fraction of sp³-hybridized carbons (Fsp3) is 0.357. The first-order chi connectivity index (χ1) is 9.24. The van der Waals surface area contributed by atoms with E-state index in [1.54, 1.807) is 0 Å². The van der Waals surface area contributed by atoms with Crippen LogP contribution in [0.1, 0.15) is 24.6 Å². The highest BCUT2D eigenvalue weighted by atomic mass is 35.5. The van der Waals surface area contributed by atoms with Crippen LogP contribution in [-0.4, -0.2) is 23.1 Å². The Morgan fingerprint density at radius 2 is 1.76 bits per heavy atom. The lowest BCUT2D eigenvalue weighted by Crippen LogP contribution is -2.27. The average Bonchev–Trinajstić information content (AvgIpc) is 2.93. The largest absolute Gasteiger partial charge is 0.342 e. The van der Waals surface area contributed by atoms with E-state index >= 15 is 0 Å². The van der Waals surface area contributed by atoms with Crippen molar-refractivity contribution in [2.45, 2.75) is 18.8 Å². The zero-order chi connectivity index (χ0) is 13.2. The Hall–Kier alpha value is -0.450. The van der Waals surface area contributed by atoms with Gasteiger partial charge in [-0.3, -0.25) is 0 Å². The summed E-state index contributed by atoms with van der Waals surface area (Å²) in [4.78, 5) is 7.91. The number of aromatic nitrogens is 2. The lowest BCUT2D eigenvalue weighted by molar-refractivity contribution is 0.447. The predicted octanol–water partition coefficient (Wildman–Crippen LogP) is 4.69. The van der Waals surface area contributed by atoms with Crippen LogP contribution in [0.4, 0.5) is 0 Å². The van der Waals surface area contributed by atoms with Crippen LogP contribution in [0.5, 0.6) is 0 Å². The van der Waals surface area contributed by atoms with E-state index < -0.39 is 0 Å². The molecule has 0 radical (unpaired) electrons. The second-order valence-electron chi connectivity index (χ2n) is 4.84. The number of nitrogens with one attached hydrogen (secondary N) is 2. The number of imidazole rings is 1. The van der Waals surface area contributed by atoms with Gasteiger partial charge >= 0.3 is 0 Å². The minimum Gasteiger partial charge on any atom is -0.342 e. The molecule has 0 spiro atoms. The number of rotatable bonds is 2. The van der Waals surface area contributed by atoms with Crippen molar-refractivity contribution in [3.8, 4) is 11.3 Å². The van der Waals surface area contributed by atoms with Crippen LogP contribution in [0.15, 0.2) is 24.4 Å². The summed E-state index contributed by atoms with van der Waals surface area (Å²) in [5.41, 5.74) is 2.01. The lowest BCUT2D eigenvalue weighted by atomic mass is 9.98. The monoisotopic (exact) mass is 367 g/mol. The molecule has 2 aromatic rings. The van der Waals surface area contributed by atoms with E-state index in [1.807, 2.05) is 24.4 Å². The van der Waals surface area contributed by atoms with Gasteiger partial charge in [-0.15, -0.1) is 24.8 Å². The maximum atomic E-state index is 6.04. The van der Waals surface area contributed by atoms with Crippen LogP contribution in [0.3, 0.4) is 0 Å². The van der Waals surface area contributed by atoms with Gasteiger partial charge in [0.15, 0.2) is 0 Å². The van der Waals surface area contributed by atoms with Gasteiger partial charge in [0, 0.05) is 11.5 Å². The minimum atomic E-state index is 0. The highest BCUT2D eigenvalue weighted by Crippen LogP contribution is 2.29. The summed E-state index contributed by atoms with van der Waals surface area (Å²) in [7, 11) is 0. The molecule has 3 rings (SSSR count). The van der Waals surface area contributed by atoms with Gasteiger partial charge in [0.1, 0.15) is 5.82 Å². The Morgan fingerprint density at radius 1 is 1.05 bits per heavy atom. The molecule has 3 nitrogen and oxygen atoms in total. The zero-order valence-corrected chi connectivity index (χ0v) is 14.4. The van der Waals surface area contributed by atoms with E-state index in [4.69, 9.17) is 23.2 Å². The van der Waals surface area contributed by atoms with Crippen molar-refractivity contribution in [2.75, 3.05) is 13.1 Å². The molecule has 1 fully saturated rings. The number of piperidine rings is 1. The number of nitrogens with zero attached hydrogens (tertiary/aromatic N) is 1. The lowest BCUT2D eigenvalue weighted by Gasteiger charge is -2.20. The van der Waals surface area contributed by atoms with Gasteiger partial charge in [0.05, 0.1) is 21.9 Å². The molecule has 2 heterocycles. The SMILES string of the molecule is Cl.Cl.Clc1ccc(-c2cnc(C3CCNCC3)[nH]2)cc1Cl. The Balaban J connectivity index is 0.00000110. The molecule has 1 aliphatic rings. The van der Waals surface area contributed by atoms with Crippen molar-refractivity contribution in [2.24, 2.45) is 0 Å². The maximum absolute atomic E-state index is 6.04. The fourth-order valence-corrected chi connectivity index (χ4v) is 2.75. The topological polar surface area (TPSA) is 40.7 Å². The van der Waals surface area contributed by atoms with Crippen molar-refractivity contribution < 1.29 is 0 Å². The highest BCUT2D eigenvalue weighted by Gasteiger charge is 2.18. The predicted molar refractivity (Wildman–Crippen MR) is 93.4 cm³/mol. The second-order valence-corrected chi connectivity index (χ2v) is 5.65. The third-order valence-corrected chi connectivity index (χ3v) is 4.29. The smallest absolute Gasteiger partial charge is 0.109 e. The molecule has 0 atom stereocenters. The van der Waals surface area contributed by atoms with Crippen LogP contribution in [-0.2, 0) is 0 Å². The number of hydrogen-bond donors (Lipinski definition) is 2. The van der Waals surface area contributed by atoms with E-state index in [1.165, 1.54) is 0 Å². The molecule has 1 aromatic carbocycles. The number of benzene rings is 1. The molecule has 21 heavy (non-hydrogen) atoms. The molecular weight excluding hydrogens is 352 g/mol. The summed E-state index contributed by atoms with van der Waals surface area (Å²) in [6, 6.07) is 5.63. The summed E-state index contributed by atoms with van der Waals surface area (Å²) in [6.45, 7) is 2.13. The fourth-order valence-electron chi connectivity index (χ4n) is 2.45. The minimum absolute atomic E-state index is 0. The summed E-state index contributed by atoms with van der Waals surface area (Å²) in [5.74, 6) is 1.60. The Morgan fingerprint density at radius 3 is 2.43 bits per heavy atom. The van der Waals surface area contributed by atoms with Crippen LogP contribution < -0.4 is 5.32 Å². The molecule has 1 aliphatic heterocycles. The van der Waals surface area contributed by atoms with Crippen LogP contribution in [0.2, 0.25) is 10.0 Å². The van der Waals surface area contributed by atoms with E-state index in [9.17, 15) is 0 Å². The van der Waals surface area contributed by atoms with Crippen molar-refractivity contribution >= 4 is 48.0 Å². The van der Waals surface area contributed by atoms with Crippen molar-refractivity contribution in [1.82, 2.24) is 15.3 Å². The van der Waals surface area contributed by atoms with Gasteiger partial charge in [-0.2, -0.15) is 0 Å². The first-order valence-electron chi connectivity index (χ1n) is 6.45. The van der Waals surface area contributed by atoms with E-state index in [2.05, 4.69) is 15.3 Å². The molecule has 0 saturated carbocycles. The molecule has 1 saturated heterocycles. The summed E-state index contributed by atoms with van der Waals surface area (Å²) in [5, 5.41) is 4.50. The summed E-state index contributed by atoms with van der Waals surface area (Å²) in [6.07, 6.45) is 4.14. The van der Waals surface area contributed by atoms with Gasteiger partial charge in [0.2, 0.25) is 0 Å². The average molecular weight is 369 g/mol. The van der Waals surface area contributed by atoms with Crippen molar-refractivity contribution in [3.05, 3.63) is 40.3 Å². The third-order valence-electron chi connectivity index (χ3n) is 3.55. The normalized spacial score (nSPS) is 15.1. The van der Waals surface area contributed by atoms with Crippen LogP contribution in [0, 0.1) is 0 Å². The molecule has 116 valence electrons. The molecule has 2 N–H and O–H groups in total. The van der Waals surface area contributed by atoms with Gasteiger partial charge in [0.25, 0.3) is 0 Å². The number of H-pyrrole nitrogens is 1. The quantitative estimate of drug-likeness (QED) is 0.806. The Kier molecular flexibility index (Phi) is 7.31. The van der Waals surface area contributed by atoms with Crippen LogP contribution >= 0.6 is 48.0 Å². The van der Waals surface area contributed by atoms with E-state index in [-0.39, 0.29) is 24.8 Å². The standard InChI is InChI=1S/C14H15Cl2N3.2ClH/c15-11-2-1-10(7-12(11)16)13-8-18-14(19-13)9-3-5-17-6-4-9;;/h1-2,7-9,17H,3-6H2,(H,18,19);2*1H. The molecule has 0 aliphatic carbocycles. The van der Waals surface area contributed by atoms with E-state index in [0.717, 1.165) is 43.0 Å². The molecule has 1 aromatic heterocycles. The molecule has 0 amide bonds. The van der Waals surface area contributed by atoms with Crippen molar-refractivity contribution in [3.63, 3.8) is 0 Å². The second kappa shape index (κ2) is 8.25. The zero-order valence-electron chi connectivity index (χ0n) is 11.2. The summed E-state index contributed by atoms with van der Waals surface area (Å²) >= 11 is 12.0.